The number of carbonyl (C=O) groups excluding carboxylic acids is 1. The summed E-state index contributed by atoms with van der Waals surface area (Å²) in [7, 11) is 0. The van der Waals surface area contributed by atoms with E-state index < -0.39 is 4.33 Å². The minimum absolute atomic E-state index is 0.0257. The average molecular weight is 413 g/mol. The van der Waals surface area contributed by atoms with Crippen molar-refractivity contribution < 1.29 is 4.79 Å². The normalized spacial score (nSPS) is 20.0. The van der Waals surface area contributed by atoms with E-state index in [-0.39, 0.29) is 26.8 Å². The fourth-order valence-corrected chi connectivity index (χ4v) is 5.91. The van der Waals surface area contributed by atoms with Gasteiger partial charge in [-0.15, -0.1) is 0 Å². The second kappa shape index (κ2) is 7.27. The summed E-state index contributed by atoms with van der Waals surface area (Å²) in [6.45, 7) is 1.19. The number of hydrogen-bond acceptors (Lipinski definition) is 1. The zero-order valence-electron chi connectivity index (χ0n) is 12.5. The molecule has 3 rings (SSSR count). The summed E-state index contributed by atoms with van der Waals surface area (Å²) >= 11 is 13.1. The van der Waals surface area contributed by atoms with Gasteiger partial charge in [-0.2, -0.15) is 0 Å². The molecule has 0 saturated carbocycles. The predicted octanol–water partition coefficient (Wildman–Crippen LogP) is 3.27. The van der Waals surface area contributed by atoms with Crippen LogP contribution in [0.2, 0.25) is 5.32 Å². The molecule has 5 heteroatoms. The molecule has 0 bridgehead atoms. The topological polar surface area (TPSA) is 20.3 Å². The molecule has 23 heavy (non-hydrogen) atoms. The molecular formula is C18H17Cl2NOSe. The molecular weight excluding hydrogens is 396 g/mol. The Morgan fingerprint density at radius 1 is 1.04 bits per heavy atom. The summed E-state index contributed by atoms with van der Waals surface area (Å²) in [6.07, 6.45) is 0. The number of carbonyl (C=O) groups is 1. The van der Waals surface area contributed by atoms with Gasteiger partial charge < -0.3 is 0 Å². The maximum absolute atomic E-state index is 12.5. The van der Waals surface area contributed by atoms with Crippen molar-refractivity contribution in [1.82, 2.24) is 4.90 Å². The van der Waals surface area contributed by atoms with Crippen molar-refractivity contribution in [2.45, 2.75) is 16.2 Å². The van der Waals surface area contributed by atoms with Crippen LogP contribution in [0.5, 0.6) is 0 Å². The number of benzene rings is 2. The van der Waals surface area contributed by atoms with E-state index in [0.717, 1.165) is 10.9 Å². The third-order valence-corrected chi connectivity index (χ3v) is 7.34. The molecule has 1 aliphatic rings. The van der Waals surface area contributed by atoms with Crippen molar-refractivity contribution in [3.8, 4) is 0 Å². The van der Waals surface area contributed by atoms with Crippen LogP contribution in [0.3, 0.4) is 0 Å². The Morgan fingerprint density at radius 3 is 2.30 bits per heavy atom. The third-order valence-electron chi connectivity index (χ3n) is 3.94. The van der Waals surface area contributed by atoms with Crippen LogP contribution in [-0.2, 0) is 11.3 Å². The van der Waals surface area contributed by atoms with Gasteiger partial charge in [0, 0.05) is 0 Å². The Hall–Kier alpha value is -0.991. The van der Waals surface area contributed by atoms with E-state index in [2.05, 4.69) is 12.1 Å². The number of alkyl halides is 2. The molecule has 120 valence electrons. The van der Waals surface area contributed by atoms with E-state index in [1.807, 2.05) is 48.5 Å². The summed E-state index contributed by atoms with van der Waals surface area (Å²) in [5.41, 5.74) is 1.10. The summed E-state index contributed by atoms with van der Waals surface area (Å²) < 4.78 is 0.00350. The van der Waals surface area contributed by atoms with Crippen molar-refractivity contribution >= 4 is 48.5 Å². The number of halogens is 2. The molecule has 1 heterocycles. The van der Waals surface area contributed by atoms with Crippen LogP contribution in [-0.4, -0.2) is 36.6 Å². The van der Waals surface area contributed by atoms with Gasteiger partial charge >= 0.3 is 153 Å². The maximum atomic E-state index is 12.5. The van der Waals surface area contributed by atoms with E-state index in [4.69, 9.17) is 23.2 Å². The Bertz CT molecular complexity index is 663. The zero-order valence-corrected chi connectivity index (χ0v) is 15.7. The first-order valence-corrected chi connectivity index (χ1v) is 10.3. The number of likely N-dealkylation sites (tertiary alicyclic amines) is 1. The SMILES string of the molecule is O=C1N(Cc2ccccc2)CC(C[Se]c2ccccc2)C1(Cl)Cl. The Morgan fingerprint density at radius 2 is 1.65 bits per heavy atom. The molecule has 0 spiro atoms. The van der Waals surface area contributed by atoms with E-state index >= 15 is 0 Å². The number of rotatable bonds is 5. The van der Waals surface area contributed by atoms with E-state index in [1.165, 1.54) is 4.46 Å². The van der Waals surface area contributed by atoms with Crippen molar-refractivity contribution in [3.63, 3.8) is 0 Å². The molecule has 1 unspecified atom stereocenters. The molecule has 0 N–H and O–H groups in total. The second-order valence-electron chi connectivity index (χ2n) is 5.62. The summed E-state index contributed by atoms with van der Waals surface area (Å²) in [4.78, 5) is 14.3. The van der Waals surface area contributed by atoms with Crippen molar-refractivity contribution in [2.75, 3.05) is 6.54 Å². The summed E-state index contributed by atoms with van der Waals surface area (Å²) in [5, 5.41) is 0.862. The van der Waals surface area contributed by atoms with Gasteiger partial charge in [-0.1, -0.05) is 0 Å². The fraction of sp³-hybridized carbons (Fsp3) is 0.278. The molecule has 0 aliphatic carbocycles. The summed E-state index contributed by atoms with van der Waals surface area (Å²) in [6, 6.07) is 20.2. The molecule has 2 aromatic carbocycles. The van der Waals surface area contributed by atoms with Crippen LogP contribution < -0.4 is 4.46 Å². The first kappa shape index (κ1) is 16.9. The quantitative estimate of drug-likeness (QED) is 0.545. The minimum atomic E-state index is -1.30. The predicted molar refractivity (Wildman–Crippen MR) is 96.4 cm³/mol. The second-order valence-corrected chi connectivity index (χ2v) is 9.30. The number of amides is 1. The first-order valence-electron chi connectivity index (χ1n) is 7.46. The number of hydrogen-bond donors (Lipinski definition) is 0. The Kier molecular flexibility index (Phi) is 5.33. The van der Waals surface area contributed by atoms with Gasteiger partial charge in [0.05, 0.1) is 0 Å². The van der Waals surface area contributed by atoms with Gasteiger partial charge in [0.1, 0.15) is 0 Å². The summed E-state index contributed by atoms with van der Waals surface area (Å²) in [5.74, 6) is -0.194. The van der Waals surface area contributed by atoms with Crippen molar-refractivity contribution in [3.05, 3.63) is 66.2 Å². The van der Waals surface area contributed by atoms with Crippen LogP contribution in [0, 0.1) is 5.92 Å². The van der Waals surface area contributed by atoms with Crippen LogP contribution in [0.1, 0.15) is 5.56 Å². The van der Waals surface area contributed by atoms with Crippen LogP contribution in [0.25, 0.3) is 0 Å². The van der Waals surface area contributed by atoms with Gasteiger partial charge in [-0.05, 0) is 0 Å². The molecule has 2 nitrogen and oxygen atoms in total. The monoisotopic (exact) mass is 413 g/mol. The van der Waals surface area contributed by atoms with Crippen molar-refractivity contribution in [2.24, 2.45) is 5.92 Å². The van der Waals surface area contributed by atoms with Gasteiger partial charge in [0.2, 0.25) is 0 Å². The Labute approximate surface area is 152 Å². The van der Waals surface area contributed by atoms with Crippen molar-refractivity contribution in [1.29, 1.82) is 0 Å². The van der Waals surface area contributed by atoms with Crippen LogP contribution >= 0.6 is 23.2 Å². The molecule has 1 fully saturated rings. The molecule has 2 aromatic rings. The molecule has 0 aromatic heterocycles. The molecule has 1 saturated heterocycles. The van der Waals surface area contributed by atoms with E-state index in [0.29, 0.717) is 13.1 Å². The van der Waals surface area contributed by atoms with Gasteiger partial charge in [-0.25, -0.2) is 0 Å². The van der Waals surface area contributed by atoms with Gasteiger partial charge in [0.15, 0.2) is 0 Å². The Balaban J connectivity index is 1.66. The van der Waals surface area contributed by atoms with Gasteiger partial charge in [0.25, 0.3) is 0 Å². The van der Waals surface area contributed by atoms with E-state index in [9.17, 15) is 4.79 Å². The molecule has 1 atom stereocenters. The fourth-order valence-electron chi connectivity index (χ4n) is 2.66. The third kappa shape index (κ3) is 3.92. The van der Waals surface area contributed by atoms with Crippen LogP contribution in [0.15, 0.2) is 60.7 Å². The standard InChI is InChI=1S/C18H17Cl2NOSe/c19-18(20)15(13-23-16-9-5-2-6-10-16)12-21(17(18)22)11-14-7-3-1-4-8-14/h1-10,15H,11-13H2. The molecule has 0 radical (unpaired) electrons. The number of nitrogens with zero attached hydrogens (tertiary/aromatic N) is 1. The van der Waals surface area contributed by atoms with Crippen LogP contribution in [0.4, 0.5) is 0 Å². The average Bonchev–Trinajstić information content (AvgIpc) is 2.78. The zero-order chi connectivity index (χ0) is 16.3. The first-order chi connectivity index (χ1) is 11.1. The molecule has 1 amide bonds. The van der Waals surface area contributed by atoms with Gasteiger partial charge in [-0.3, -0.25) is 0 Å². The van der Waals surface area contributed by atoms with E-state index in [1.54, 1.807) is 4.90 Å². The molecule has 1 aliphatic heterocycles.